The fourth-order valence-electron chi connectivity index (χ4n) is 1.65. The molecule has 2 aromatic heterocycles. The van der Waals surface area contributed by atoms with Crippen LogP contribution >= 0.6 is 11.6 Å². The summed E-state index contributed by atoms with van der Waals surface area (Å²) in [5.41, 5.74) is 6.92. The summed E-state index contributed by atoms with van der Waals surface area (Å²) in [5, 5.41) is 1.31. The highest BCUT2D eigenvalue weighted by molar-refractivity contribution is 6.35. The first-order valence-electron chi connectivity index (χ1n) is 5.00. The Hall–Kier alpha value is -2.07. The lowest BCUT2D eigenvalue weighted by molar-refractivity contribution is 0.628. The molecule has 5 heteroatoms. The van der Waals surface area contributed by atoms with Crippen LogP contribution in [0.2, 0.25) is 5.02 Å². The molecule has 2 heterocycles. The molecule has 0 aliphatic rings. The Labute approximate surface area is 102 Å². The summed E-state index contributed by atoms with van der Waals surface area (Å²) in [7, 11) is 0. The summed E-state index contributed by atoms with van der Waals surface area (Å²) in [4.78, 5) is 7.90. The topological polar surface area (TPSA) is 64.9 Å². The van der Waals surface area contributed by atoms with E-state index in [0.29, 0.717) is 16.5 Å². The fraction of sp³-hybridized carbons (Fsp3) is 0. The van der Waals surface area contributed by atoms with Gasteiger partial charge in [-0.15, -0.1) is 0 Å². The highest BCUT2D eigenvalue weighted by Crippen LogP contribution is 2.32. The molecule has 0 spiro atoms. The lowest BCUT2D eigenvalue weighted by Crippen LogP contribution is -1.94. The number of hydrogen-bond donors (Lipinski definition) is 1. The Kier molecular flexibility index (Phi) is 2.23. The predicted molar refractivity (Wildman–Crippen MR) is 66.7 cm³/mol. The quantitative estimate of drug-likeness (QED) is 0.715. The van der Waals surface area contributed by atoms with E-state index in [1.54, 1.807) is 0 Å². The van der Waals surface area contributed by atoms with Crippen molar-refractivity contribution in [2.75, 3.05) is 5.73 Å². The molecule has 0 aliphatic heterocycles. The van der Waals surface area contributed by atoms with Crippen LogP contribution in [0.5, 0.6) is 0 Å². The van der Waals surface area contributed by atoms with E-state index in [0.717, 1.165) is 11.0 Å². The molecule has 0 bridgehead atoms. The van der Waals surface area contributed by atoms with E-state index in [-0.39, 0.29) is 5.82 Å². The van der Waals surface area contributed by atoms with Gasteiger partial charge in [-0.25, -0.2) is 9.97 Å². The fourth-order valence-corrected chi connectivity index (χ4v) is 1.84. The summed E-state index contributed by atoms with van der Waals surface area (Å²) in [6, 6.07) is 9.57. The zero-order chi connectivity index (χ0) is 11.8. The van der Waals surface area contributed by atoms with Gasteiger partial charge in [0.05, 0.1) is 0 Å². The van der Waals surface area contributed by atoms with Crippen molar-refractivity contribution in [3.8, 4) is 11.5 Å². The standard InChI is InChI=1S/C12H8ClN3O/c13-10-11(15-6-16-12(10)14)9-5-7-3-1-2-4-8(7)17-9/h1-6H,(H2,14,15,16). The maximum absolute atomic E-state index is 6.05. The molecule has 0 saturated carbocycles. The number of nitrogen functional groups attached to an aromatic ring is 1. The third-order valence-corrected chi connectivity index (χ3v) is 2.85. The van der Waals surface area contributed by atoms with Gasteiger partial charge in [0.25, 0.3) is 0 Å². The lowest BCUT2D eigenvalue weighted by atomic mass is 10.2. The number of nitrogens with zero attached hydrogens (tertiary/aromatic N) is 2. The number of rotatable bonds is 1. The molecule has 1 aromatic carbocycles. The molecule has 17 heavy (non-hydrogen) atoms. The molecule has 0 fully saturated rings. The van der Waals surface area contributed by atoms with E-state index in [9.17, 15) is 0 Å². The van der Waals surface area contributed by atoms with Crippen molar-refractivity contribution in [1.82, 2.24) is 9.97 Å². The van der Waals surface area contributed by atoms with Gasteiger partial charge in [0.1, 0.15) is 28.4 Å². The summed E-state index contributed by atoms with van der Waals surface area (Å²) in [6.07, 6.45) is 1.36. The van der Waals surface area contributed by atoms with Crippen molar-refractivity contribution >= 4 is 28.4 Å². The highest BCUT2D eigenvalue weighted by atomic mass is 35.5. The second-order valence-electron chi connectivity index (χ2n) is 3.57. The van der Waals surface area contributed by atoms with Gasteiger partial charge >= 0.3 is 0 Å². The second kappa shape index (κ2) is 3.75. The van der Waals surface area contributed by atoms with Crippen molar-refractivity contribution in [1.29, 1.82) is 0 Å². The van der Waals surface area contributed by atoms with Gasteiger partial charge in [-0.3, -0.25) is 0 Å². The number of nitrogens with two attached hydrogens (primary N) is 1. The molecule has 4 nitrogen and oxygen atoms in total. The lowest BCUT2D eigenvalue weighted by Gasteiger charge is -2.00. The zero-order valence-corrected chi connectivity index (χ0v) is 9.48. The van der Waals surface area contributed by atoms with E-state index in [4.69, 9.17) is 21.8 Å². The SMILES string of the molecule is Nc1ncnc(-c2cc3ccccc3o2)c1Cl. The van der Waals surface area contributed by atoms with Gasteiger partial charge in [-0.2, -0.15) is 0 Å². The normalized spacial score (nSPS) is 10.9. The van der Waals surface area contributed by atoms with Crippen LogP contribution in [0.25, 0.3) is 22.4 Å². The zero-order valence-electron chi connectivity index (χ0n) is 8.72. The Morgan fingerprint density at radius 3 is 2.82 bits per heavy atom. The van der Waals surface area contributed by atoms with Crippen LogP contribution in [0, 0.1) is 0 Å². The second-order valence-corrected chi connectivity index (χ2v) is 3.95. The first kappa shape index (κ1) is 10.1. The van der Waals surface area contributed by atoms with Crippen molar-refractivity contribution in [3.63, 3.8) is 0 Å². The molecule has 2 N–H and O–H groups in total. The third-order valence-electron chi connectivity index (χ3n) is 2.48. The Morgan fingerprint density at radius 2 is 2.00 bits per heavy atom. The number of benzene rings is 1. The van der Waals surface area contributed by atoms with Gasteiger partial charge < -0.3 is 10.2 Å². The molecule has 0 unspecified atom stereocenters. The minimum atomic E-state index is 0.247. The minimum absolute atomic E-state index is 0.247. The van der Waals surface area contributed by atoms with E-state index >= 15 is 0 Å². The monoisotopic (exact) mass is 245 g/mol. The van der Waals surface area contributed by atoms with Gasteiger partial charge in [-0.05, 0) is 12.1 Å². The van der Waals surface area contributed by atoms with Crippen LogP contribution in [-0.2, 0) is 0 Å². The van der Waals surface area contributed by atoms with Gasteiger partial charge in [0.2, 0.25) is 0 Å². The number of anilines is 1. The minimum Gasteiger partial charge on any atom is -0.454 e. The van der Waals surface area contributed by atoms with Crippen molar-refractivity contribution < 1.29 is 4.42 Å². The van der Waals surface area contributed by atoms with E-state index in [1.165, 1.54) is 6.33 Å². The Balaban J connectivity index is 2.24. The Morgan fingerprint density at radius 1 is 1.18 bits per heavy atom. The average Bonchev–Trinajstić information content (AvgIpc) is 2.76. The highest BCUT2D eigenvalue weighted by Gasteiger charge is 2.13. The van der Waals surface area contributed by atoms with Gasteiger partial charge in [0, 0.05) is 5.39 Å². The first-order valence-corrected chi connectivity index (χ1v) is 5.38. The summed E-state index contributed by atoms with van der Waals surface area (Å²) < 4.78 is 5.66. The first-order chi connectivity index (χ1) is 8.25. The number of aromatic nitrogens is 2. The van der Waals surface area contributed by atoms with Gasteiger partial charge in [-0.1, -0.05) is 29.8 Å². The number of hydrogen-bond acceptors (Lipinski definition) is 4. The molecular formula is C12H8ClN3O. The van der Waals surface area contributed by atoms with Gasteiger partial charge in [0.15, 0.2) is 5.76 Å². The smallest absolute Gasteiger partial charge is 0.155 e. The molecule has 84 valence electrons. The maximum atomic E-state index is 6.05. The van der Waals surface area contributed by atoms with Crippen LogP contribution in [0.15, 0.2) is 41.1 Å². The number of halogens is 1. The van der Waals surface area contributed by atoms with Crippen LogP contribution in [0.1, 0.15) is 0 Å². The average molecular weight is 246 g/mol. The number of furan rings is 1. The third kappa shape index (κ3) is 1.62. The largest absolute Gasteiger partial charge is 0.454 e. The molecular weight excluding hydrogens is 238 g/mol. The van der Waals surface area contributed by atoms with E-state index < -0.39 is 0 Å². The van der Waals surface area contributed by atoms with Crippen molar-refractivity contribution in [2.24, 2.45) is 0 Å². The molecule has 0 saturated heterocycles. The Bertz CT molecular complexity index is 660. The molecule has 0 atom stereocenters. The van der Waals surface area contributed by atoms with Crippen LogP contribution < -0.4 is 5.73 Å². The predicted octanol–water partition coefficient (Wildman–Crippen LogP) is 3.13. The van der Waals surface area contributed by atoms with E-state index in [1.807, 2.05) is 30.3 Å². The van der Waals surface area contributed by atoms with Crippen LogP contribution in [0.4, 0.5) is 5.82 Å². The van der Waals surface area contributed by atoms with E-state index in [2.05, 4.69) is 9.97 Å². The van der Waals surface area contributed by atoms with Crippen LogP contribution in [0.3, 0.4) is 0 Å². The van der Waals surface area contributed by atoms with Crippen molar-refractivity contribution in [2.45, 2.75) is 0 Å². The van der Waals surface area contributed by atoms with Crippen LogP contribution in [-0.4, -0.2) is 9.97 Å². The number of fused-ring (bicyclic) bond motifs is 1. The summed E-state index contributed by atoms with van der Waals surface area (Å²) >= 11 is 6.05. The van der Waals surface area contributed by atoms with Crippen molar-refractivity contribution in [3.05, 3.63) is 41.7 Å². The summed E-state index contributed by atoms with van der Waals surface area (Å²) in [5.74, 6) is 0.836. The molecule has 3 aromatic rings. The summed E-state index contributed by atoms with van der Waals surface area (Å²) in [6.45, 7) is 0. The molecule has 0 aliphatic carbocycles. The molecule has 0 radical (unpaired) electrons. The molecule has 3 rings (SSSR count). The molecule has 0 amide bonds. The number of para-hydroxylation sites is 1. The maximum Gasteiger partial charge on any atom is 0.155 e.